The van der Waals surface area contributed by atoms with E-state index in [0.717, 1.165) is 11.3 Å². The zero-order chi connectivity index (χ0) is 14.5. The number of carbonyl (C=O) groups is 1. The van der Waals surface area contributed by atoms with E-state index >= 15 is 0 Å². The molecule has 0 aliphatic rings. The van der Waals surface area contributed by atoms with Gasteiger partial charge in [-0.25, -0.2) is 0 Å². The number of nitrogens with one attached hydrogen (secondary N) is 1. The highest BCUT2D eigenvalue weighted by Crippen LogP contribution is 2.23. The van der Waals surface area contributed by atoms with Gasteiger partial charge in [0, 0.05) is 5.69 Å². The van der Waals surface area contributed by atoms with Crippen molar-refractivity contribution >= 4 is 11.6 Å². The van der Waals surface area contributed by atoms with E-state index in [9.17, 15) is 4.79 Å². The third-order valence-electron chi connectivity index (χ3n) is 3.28. The van der Waals surface area contributed by atoms with Gasteiger partial charge in [-0.3, -0.25) is 4.79 Å². The van der Waals surface area contributed by atoms with E-state index in [1.807, 2.05) is 42.5 Å². The van der Waals surface area contributed by atoms with Crippen LogP contribution in [0.3, 0.4) is 0 Å². The molecule has 0 spiro atoms. The van der Waals surface area contributed by atoms with E-state index in [1.165, 1.54) is 5.56 Å². The highest BCUT2D eigenvalue weighted by atomic mass is 16.1. The Morgan fingerprint density at radius 2 is 1.65 bits per heavy atom. The van der Waals surface area contributed by atoms with Crippen LogP contribution in [-0.2, 0) is 4.79 Å². The first-order chi connectivity index (χ1) is 9.58. The maximum absolute atomic E-state index is 11.7. The first kappa shape index (κ1) is 14.1. The molecule has 0 radical (unpaired) electrons. The lowest BCUT2D eigenvalue weighted by molar-refractivity contribution is -0.118. The molecule has 1 atom stereocenters. The van der Waals surface area contributed by atoms with Gasteiger partial charge in [0.1, 0.15) is 6.04 Å². The van der Waals surface area contributed by atoms with Gasteiger partial charge in [-0.15, -0.1) is 0 Å². The third-order valence-corrected chi connectivity index (χ3v) is 3.28. The Kier molecular flexibility index (Phi) is 4.41. The van der Waals surface area contributed by atoms with E-state index in [2.05, 4.69) is 31.3 Å². The van der Waals surface area contributed by atoms with Crippen LogP contribution in [0.25, 0.3) is 0 Å². The summed E-state index contributed by atoms with van der Waals surface area (Å²) in [5, 5.41) is 3.22. The SMILES string of the molecule is CC(C)c1cccc(N[C@H](C(N)=O)c2ccccc2)c1. The lowest BCUT2D eigenvalue weighted by Crippen LogP contribution is -2.27. The van der Waals surface area contributed by atoms with Crippen LogP contribution in [-0.4, -0.2) is 5.91 Å². The van der Waals surface area contributed by atoms with E-state index in [0.29, 0.717) is 5.92 Å². The average molecular weight is 268 g/mol. The third kappa shape index (κ3) is 3.38. The first-order valence-corrected chi connectivity index (χ1v) is 6.78. The Bertz CT molecular complexity index is 579. The molecule has 0 saturated carbocycles. The molecule has 0 aliphatic heterocycles. The molecule has 0 heterocycles. The maximum Gasteiger partial charge on any atom is 0.244 e. The van der Waals surface area contributed by atoms with Crippen LogP contribution in [0, 0.1) is 0 Å². The zero-order valence-corrected chi connectivity index (χ0v) is 11.8. The summed E-state index contributed by atoms with van der Waals surface area (Å²) in [6.07, 6.45) is 0. The Labute approximate surface area is 119 Å². The monoisotopic (exact) mass is 268 g/mol. The van der Waals surface area contributed by atoms with Gasteiger partial charge in [-0.1, -0.05) is 56.3 Å². The van der Waals surface area contributed by atoms with E-state index in [1.54, 1.807) is 0 Å². The number of rotatable bonds is 5. The summed E-state index contributed by atoms with van der Waals surface area (Å²) in [5.74, 6) is 0.0617. The summed E-state index contributed by atoms with van der Waals surface area (Å²) in [6, 6.07) is 17.1. The molecule has 0 bridgehead atoms. The fraction of sp³-hybridized carbons (Fsp3) is 0.235. The number of amides is 1. The van der Waals surface area contributed by atoms with Gasteiger partial charge in [0.05, 0.1) is 0 Å². The molecule has 3 nitrogen and oxygen atoms in total. The van der Waals surface area contributed by atoms with Gasteiger partial charge < -0.3 is 11.1 Å². The predicted octanol–water partition coefficient (Wildman–Crippen LogP) is 3.45. The van der Waals surface area contributed by atoms with Crippen LogP contribution in [0.1, 0.15) is 36.9 Å². The second kappa shape index (κ2) is 6.24. The maximum atomic E-state index is 11.7. The lowest BCUT2D eigenvalue weighted by atomic mass is 10.0. The summed E-state index contributed by atoms with van der Waals surface area (Å²) in [4.78, 5) is 11.7. The molecule has 3 N–H and O–H groups in total. The minimum Gasteiger partial charge on any atom is -0.370 e. The standard InChI is InChI=1S/C17H20N2O/c1-12(2)14-9-6-10-15(11-14)19-16(17(18)20)13-7-4-3-5-8-13/h3-12,16,19H,1-2H3,(H2,18,20)/t16-/m0/s1. The van der Waals surface area contributed by atoms with Crippen LogP contribution >= 0.6 is 0 Å². The van der Waals surface area contributed by atoms with Crippen LogP contribution in [0.15, 0.2) is 54.6 Å². The molecular formula is C17H20N2O. The molecule has 0 aliphatic carbocycles. The van der Waals surface area contributed by atoms with E-state index in [4.69, 9.17) is 5.73 Å². The molecule has 1 amide bonds. The fourth-order valence-corrected chi connectivity index (χ4v) is 2.12. The van der Waals surface area contributed by atoms with Gasteiger partial charge in [0.25, 0.3) is 0 Å². The Morgan fingerprint density at radius 1 is 1.00 bits per heavy atom. The molecule has 2 aromatic carbocycles. The fourth-order valence-electron chi connectivity index (χ4n) is 2.12. The second-order valence-electron chi connectivity index (χ2n) is 5.17. The van der Waals surface area contributed by atoms with Crippen LogP contribution < -0.4 is 11.1 Å². The molecule has 3 heteroatoms. The summed E-state index contributed by atoms with van der Waals surface area (Å²) in [5.41, 5.74) is 8.52. The molecule has 0 unspecified atom stereocenters. The number of primary amides is 1. The normalized spacial score (nSPS) is 12.2. The molecule has 0 aromatic heterocycles. The lowest BCUT2D eigenvalue weighted by Gasteiger charge is -2.18. The van der Waals surface area contributed by atoms with Crippen molar-refractivity contribution in [2.24, 2.45) is 5.73 Å². The number of nitrogens with two attached hydrogens (primary N) is 1. The summed E-state index contributed by atoms with van der Waals surface area (Å²) >= 11 is 0. The topological polar surface area (TPSA) is 55.1 Å². The number of carbonyl (C=O) groups excluding carboxylic acids is 1. The largest absolute Gasteiger partial charge is 0.370 e. The summed E-state index contributed by atoms with van der Waals surface area (Å²) in [7, 11) is 0. The van der Waals surface area contributed by atoms with Crippen molar-refractivity contribution in [2.75, 3.05) is 5.32 Å². The number of hydrogen-bond acceptors (Lipinski definition) is 2. The zero-order valence-electron chi connectivity index (χ0n) is 11.8. The smallest absolute Gasteiger partial charge is 0.244 e. The molecule has 0 fully saturated rings. The number of hydrogen-bond donors (Lipinski definition) is 2. The minimum atomic E-state index is -0.515. The Balaban J connectivity index is 2.25. The Morgan fingerprint density at radius 3 is 2.25 bits per heavy atom. The average Bonchev–Trinajstić information content (AvgIpc) is 2.45. The van der Waals surface area contributed by atoms with Crippen molar-refractivity contribution in [3.05, 3.63) is 65.7 Å². The van der Waals surface area contributed by atoms with Gasteiger partial charge in [0.2, 0.25) is 5.91 Å². The Hall–Kier alpha value is -2.29. The van der Waals surface area contributed by atoms with Crippen LogP contribution in [0.5, 0.6) is 0 Å². The second-order valence-corrected chi connectivity index (χ2v) is 5.17. The van der Waals surface area contributed by atoms with Crippen molar-refractivity contribution < 1.29 is 4.79 Å². The van der Waals surface area contributed by atoms with E-state index in [-0.39, 0.29) is 5.91 Å². The van der Waals surface area contributed by atoms with Crippen LogP contribution in [0.4, 0.5) is 5.69 Å². The van der Waals surface area contributed by atoms with Gasteiger partial charge in [0.15, 0.2) is 0 Å². The summed E-state index contributed by atoms with van der Waals surface area (Å²) < 4.78 is 0. The summed E-state index contributed by atoms with van der Waals surface area (Å²) in [6.45, 7) is 4.28. The predicted molar refractivity (Wildman–Crippen MR) is 82.5 cm³/mol. The quantitative estimate of drug-likeness (QED) is 0.872. The van der Waals surface area contributed by atoms with Gasteiger partial charge >= 0.3 is 0 Å². The highest BCUT2D eigenvalue weighted by molar-refractivity contribution is 5.84. The van der Waals surface area contributed by atoms with Crippen LogP contribution in [0.2, 0.25) is 0 Å². The first-order valence-electron chi connectivity index (χ1n) is 6.78. The van der Waals surface area contributed by atoms with Crippen molar-refractivity contribution in [3.8, 4) is 0 Å². The van der Waals surface area contributed by atoms with Crippen molar-refractivity contribution in [2.45, 2.75) is 25.8 Å². The van der Waals surface area contributed by atoms with Crippen molar-refractivity contribution in [3.63, 3.8) is 0 Å². The molecule has 104 valence electrons. The molecular weight excluding hydrogens is 248 g/mol. The number of benzene rings is 2. The molecule has 0 saturated heterocycles. The van der Waals surface area contributed by atoms with Crippen molar-refractivity contribution in [1.82, 2.24) is 0 Å². The minimum absolute atomic E-state index is 0.383. The number of anilines is 1. The highest BCUT2D eigenvalue weighted by Gasteiger charge is 2.17. The molecule has 2 rings (SSSR count). The van der Waals surface area contributed by atoms with E-state index < -0.39 is 6.04 Å². The molecule has 2 aromatic rings. The van der Waals surface area contributed by atoms with Gasteiger partial charge in [-0.2, -0.15) is 0 Å². The van der Waals surface area contributed by atoms with Gasteiger partial charge in [-0.05, 0) is 29.2 Å². The molecule has 20 heavy (non-hydrogen) atoms. The van der Waals surface area contributed by atoms with Crippen molar-refractivity contribution in [1.29, 1.82) is 0 Å².